The fourth-order valence-electron chi connectivity index (χ4n) is 3.82. The zero-order valence-electron chi connectivity index (χ0n) is 17.5. The number of halogens is 2. The maximum atomic E-state index is 13.7. The van der Waals surface area contributed by atoms with Crippen LogP contribution in [-0.2, 0) is 4.74 Å². The quantitative estimate of drug-likeness (QED) is 0.686. The van der Waals surface area contributed by atoms with E-state index in [0.717, 1.165) is 25.9 Å². The number of anilines is 3. The lowest BCUT2D eigenvalue weighted by Gasteiger charge is -2.34. The third-order valence-corrected chi connectivity index (χ3v) is 5.37. The monoisotopic (exact) mass is 435 g/mol. The molecule has 0 aromatic carbocycles. The molecule has 0 amide bonds. The van der Waals surface area contributed by atoms with Crippen molar-refractivity contribution >= 4 is 17.8 Å². The largest absolute Gasteiger partial charge is 0.378 e. The van der Waals surface area contributed by atoms with Gasteiger partial charge < -0.3 is 25.6 Å². The molecule has 12 heteroatoms. The molecule has 10 nitrogen and oxygen atoms in total. The van der Waals surface area contributed by atoms with Crippen molar-refractivity contribution < 1.29 is 13.5 Å². The molecule has 2 aromatic heterocycles. The maximum Gasteiger partial charge on any atom is 0.281 e. The Morgan fingerprint density at radius 1 is 1.13 bits per heavy atom. The van der Waals surface area contributed by atoms with E-state index >= 15 is 0 Å². The summed E-state index contributed by atoms with van der Waals surface area (Å²) in [6.07, 6.45) is 0.518. The highest BCUT2D eigenvalue weighted by atomic mass is 19.3. The number of nitrogens with one attached hydrogen (secondary N) is 1. The number of alkyl halides is 2. The van der Waals surface area contributed by atoms with Crippen LogP contribution in [0.2, 0.25) is 0 Å². The second-order valence-corrected chi connectivity index (χ2v) is 7.57. The number of hydrogen-bond donors (Lipinski definition) is 2. The molecule has 0 radical (unpaired) electrons. The molecule has 168 valence electrons. The third kappa shape index (κ3) is 4.96. The molecule has 4 heterocycles. The fourth-order valence-corrected chi connectivity index (χ4v) is 3.82. The maximum absolute atomic E-state index is 13.7. The Kier molecular flexibility index (Phi) is 6.66. The van der Waals surface area contributed by atoms with Gasteiger partial charge in [0.15, 0.2) is 5.82 Å². The van der Waals surface area contributed by atoms with E-state index in [2.05, 4.69) is 42.1 Å². The number of nitrogens with zero attached hydrogens (tertiary/aromatic N) is 7. The minimum absolute atomic E-state index is 0.0580. The van der Waals surface area contributed by atoms with Crippen LogP contribution in [0.1, 0.15) is 31.9 Å². The van der Waals surface area contributed by atoms with Crippen LogP contribution in [0.5, 0.6) is 0 Å². The van der Waals surface area contributed by atoms with Gasteiger partial charge in [-0.3, -0.25) is 0 Å². The first-order valence-electron chi connectivity index (χ1n) is 10.5. The van der Waals surface area contributed by atoms with Crippen LogP contribution in [0.4, 0.5) is 26.6 Å². The van der Waals surface area contributed by atoms with Crippen LogP contribution in [0.15, 0.2) is 6.20 Å². The molecule has 0 aliphatic carbocycles. The van der Waals surface area contributed by atoms with Gasteiger partial charge in [-0.15, -0.1) is 0 Å². The van der Waals surface area contributed by atoms with E-state index in [4.69, 9.17) is 10.5 Å². The van der Waals surface area contributed by atoms with Crippen molar-refractivity contribution in [2.75, 3.05) is 61.5 Å². The molecule has 2 saturated heterocycles. The summed E-state index contributed by atoms with van der Waals surface area (Å²) in [6, 6.07) is 0.322. The summed E-state index contributed by atoms with van der Waals surface area (Å²) < 4.78 is 32.8. The molecule has 2 aliphatic rings. The summed E-state index contributed by atoms with van der Waals surface area (Å²) in [5.41, 5.74) is 5.11. The van der Waals surface area contributed by atoms with Gasteiger partial charge in [-0.25, -0.2) is 18.7 Å². The zero-order chi connectivity index (χ0) is 21.8. The highest BCUT2D eigenvalue weighted by Gasteiger charge is 2.26. The first-order chi connectivity index (χ1) is 15.0. The Labute approximate surface area is 179 Å². The van der Waals surface area contributed by atoms with Gasteiger partial charge in [0.1, 0.15) is 5.69 Å². The molecule has 0 spiro atoms. The number of piperazine rings is 1. The highest BCUT2D eigenvalue weighted by Crippen LogP contribution is 2.30. The van der Waals surface area contributed by atoms with E-state index < -0.39 is 12.1 Å². The number of nitrogen functional groups attached to an aromatic ring is 1. The molecule has 2 aliphatic heterocycles. The van der Waals surface area contributed by atoms with E-state index in [0.29, 0.717) is 50.8 Å². The van der Waals surface area contributed by atoms with Gasteiger partial charge in [0.25, 0.3) is 6.43 Å². The SMILES string of the molecule is CCCC1CN(c2nc(-c3cnc(N)nc3C(F)F)nc(N3CCOCC3)n2)CCN1. The zero-order valence-corrected chi connectivity index (χ0v) is 17.5. The smallest absolute Gasteiger partial charge is 0.281 e. The van der Waals surface area contributed by atoms with Crippen molar-refractivity contribution in [1.82, 2.24) is 30.2 Å². The van der Waals surface area contributed by atoms with E-state index in [1.54, 1.807) is 0 Å². The first-order valence-corrected chi connectivity index (χ1v) is 10.5. The lowest BCUT2D eigenvalue weighted by atomic mass is 10.1. The van der Waals surface area contributed by atoms with Crippen LogP contribution in [0, 0.1) is 0 Å². The summed E-state index contributed by atoms with van der Waals surface area (Å²) in [7, 11) is 0. The van der Waals surface area contributed by atoms with Gasteiger partial charge in [0.05, 0.1) is 18.8 Å². The minimum Gasteiger partial charge on any atom is -0.378 e. The highest BCUT2D eigenvalue weighted by molar-refractivity contribution is 5.61. The normalized spacial score (nSPS) is 19.8. The van der Waals surface area contributed by atoms with Crippen molar-refractivity contribution in [2.45, 2.75) is 32.2 Å². The Morgan fingerprint density at radius 2 is 1.87 bits per heavy atom. The molecule has 2 fully saturated rings. The molecule has 31 heavy (non-hydrogen) atoms. The van der Waals surface area contributed by atoms with Crippen molar-refractivity contribution in [1.29, 1.82) is 0 Å². The van der Waals surface area contributed by atoms with Gasteiger partial charge in [0, 0.05) is 45.0 Å². The predicted octanol–water partition coefficient (Wildman–Crippen LogP) is 1.26. The molecule has 0 saturated carbocycles. The van der Waals surface area contributed by atoms with Crippen LogP contribution in [0.3, 0.4) is 0 Å². The van der Waals surface area contributed by atoms with Crippen LogP contribution in [0.25, 0.3) is 11.4 Å². The lowest BCUT2D eigenvalue weighted by molar-refractivity contribution is 0.122. The van der Waals surface area contributed by atoms with E-state index in [-0.39, 0.29) is 17.3 Å². The van der Waals surface area contributed by atoms with Crippen LogP contribution < -0.4 is 20.9 Å². The summed E-state index contributed by atoms with van der Waals surface area (Å²) in [5.74, 6) is 0.802. The Morgan fingerprint density at radius 3 is 2.58 bits per heavy atom. The number of ether oxygens (including phenoxy) is 1. The van der Waals surface area contributed by atoms with Crippen LogP contribution in [-0.4, -0.2) is 76.9 Å². The number of morpholine rings is 1. The second kappa shape index (κ2) is 9.60. The molecular formula is C19H27F2N9O. The fraction of sp³-hybridized carbons (Fsp3) is 0.632. The van der Waals surface area contributed by atoms with Gasteiger partial charge in [-0.05, 0) is 6.42 Å². The molecule has 3 N–H and O–H groups in total. The molecular weight excluding hydrogens is 408 g/mol. The lowest BCUT2D eigenvalue weighted by Crippen LogP contribution is -2.51. The van der Waals surface area contributed by atoms with Gasteiger partial charge in [0.2, 0.25) is 17.8 Å². The molecule has 2 aromatic rings. The Balaban J connectivity index is 1.75. The van der Waals surface area contributed by atoms with Gasteiger partial charge >= 0.3 is 0 Å². The molecule has 4 rings (SSSR count). The minimum atomic E-state index is -2.83. The third-order valence-electron chi connectivity index (χ3n) is 5.37. The van der Waals surface area contributed by atoms with Gasteiger partial charge in [-0.2, -0.15) is 15.0 Å². The van der Waals surface area contributed by atoms with Crippen molar-refractivity contribution in [3.63, 3.8) is 0 Å². The summed E-state index contributed by atoms with van der Waals surface area (Å²) in [6.45, 7) is 6.72. The number of nitrogens with two attached hydrogens (primary N) is 1. The first kappa shape index (κ1) is 21.5. The molecule has 1 atom stereocenters. The van der Waals surface area contributed by atoms with Crippen molar-refractivity contribution in [3.8, 4) is 11.4 Å². The van der Waals surface area contributed by atoms with E-state index in [9.17, 15) is 8.78 Å². The topological polar surface area (TPSA) is 118 Å². The average molecular weight is 435 g/mol. The van der Waals surface area contributed by atoms with Crippen molar-refractivity contribution in [2.24, 2.45) is 0 Å². The standard InChI is InChI=1S/C19H27F2N9O/c1-2-3-12-11-30(5-4-23-12)19-27-16(13-10-24-17(22)25-14(13)15(20)21)26-18(28-19)29-6-8-31-9-7-29/h10,12,15,23H,2-9,11H2,1H3,(H2,22,24,25). The number of rotatable bonds is 6. The second-order valence-electron chi connectivity index (χ2n) is 7.57. The average Bonchev–Trinajstić information content (AvgIpc) is 2.79. The van der Waals surface area contributed by atoms with Crippen LogP contribution >= 0.6 is 0 Å². The molecule has 1 unspecified atom stereocenters. The summed E-state index contributed by atoms with van der Waals surface area (Å²) in [4.78, 5) is 25.4. The summed E-state index contributed by atoms with van der Waals surface area (Å²) in [5, 5.41) is 3.50. The van der Waals surface area contributed by atoms with Gasteiger partial charge in [-0.1, -0.05) is 13.3 Å². The van der Waals surface area contributed by atoms with E-state index in [1.165, 1.54) is 6.20 Å². The Bertz CT molecular complexity index is 893. The number of hydrogen-bond acceptors (Lipinski definition) is 10. The summed E-state index contributed by atoms with van der Waals surface area (Å²) >= 11 is 0. The molecule has 0 bridgehead atoms. The van der Waals surface area contributed by atoms with E-state index in [1.807, 2.05) is 4.90 Å². The van der Waals surface area contributed by atoms with Crippen molar-refractivity contribution in [3.05, 3.63) is 11.9 Å². The predicted molar refractivity (Wildman–Crippen MR) is 112 cm³/mol. The number of aromatic nitrogens is 5. The Hall–Kier alpha value is -2.73.